The molecule has 0 aliphatic heterocycles. The lowest BCUT2D eigenvalue weighted by atomic mass is 10.1. The van der Waals surface area contributed by atoms with Gasteiger partial charge in [-0.3, -0.25) is 9.59 Å². The molecule has 0 spiro atoms. The lowest BCUT2D eigenvalue weighted by molar-refractivity contribution is -0.221. The third-order valence-electron chi connectivity index (χ3n) is 2.80. The van der Waals surface area contributed by atoms with Gasteiger partial charge in [0.25, 0.3) is 5.79 Å². The van der Waals surface area contributed by atoms with E-state index in [2.05, 4.69) is 0 Å². The fraction of sp³-hybridized carbons (Fsp3) is 0.467. The molecular formula is C15H20O6. The molecule has 1 rings (SSSR count). The van der Waals surface area contributed by atoms with Gasteiger partial charge in [-0.2, -0.15) is 0 Å². The van der Waals surface area contributed by atoms with E-state index in [1.807, 2.05) is 0 Å². The molecule has 0 radical (unpaired) electrons. The Balaban J connectivity index is 2.97. The van der Waals surface area contributed by atoms with Crippen LogP contribution in [0.1, 0.15) is 39.2 Å². The molecule has 6 heteroatoms. The van der Waals surface area contributed by atoms with Crippen LogP contribution in [0.5, 0.6) is 11.5 Å². The van der Waals surface area contributed by atoms with E-state index in [0.29, 0.717) is 5.56 Å². The van der Waals surface area contributed by atoms with E-state index in [1.165, 1.54) is 19.1 Å². The predicted molar refractivity (Wildman–Crippen MR) is 74.6 cm³/mol. The summed E-state index contributed by atoms with van der Waals surface area (Å²) < 4.78 is 10.4. The molecule has 0 saturated carbocycles. The number of hydrogen-bond acceptors (Lipinski definition) is 6. The van der Waals surface area contributed by atoms with Gasteiger partial charge in [-0.15, -0.1) is 0 Å². The fourth-order valence-electron chi connectivity index (χ4n) is 1.77. The number of esters is 2. The van der Waals surface area contributed by atoms with Gasteiger partial charge in [-0.1, -0.05) is 19.9 Å². The van der Waals surface area contributed by atoms with Crippen LogP contribution < -0.4 is 0 Å². The van der Waals surface area contributed by atoms with Gasteiger partial charge in [0.1, 0.15) is 0 Å². The zero-order valence-electron chi connectivity index (χ0n) is 12.4. The van der Waals surface area contributed by atoms with Crippen LogP contribution in [0.2, 0.25) is 0 Å². The first-order valence-corrected chi connectivity index (χ1v) is 6.74. The van der Waals surface area contributed by atoms with Crippen molar-refractivity contribution in [2.45, 2.75) is 45.8 Å². The van der Waals surface area contributed by atoms with Gasteiger partial charge < -0.3 is 19.7 Å². The van der Waals surface area contributed by atoms with Crippen molar-refractivity contribution in [1.82, 2.24) is 0 Å². The van der Waals surface area contributed by atoms with Crippen molar-refractivity contribution >= 4 is 11.9 Å². The minimum atomic E-state index is -1.45. The third-order valence-corrected chi connectivity index (χ3v) is 2.80. The zero-order chi connectivity index (χ0) is 16.0. The maximum absolute atomic E-state index is 11.5. The topological polar surface area (TPSA) is 93.1 Å². The SMILES string of the molecule is CCC(=O)OC(C)(Cc1ccc(O)c(O)c1)OC(=O)CC. The van der Waals surface area contributed by atoms with Crippen LogP contribution in [-0.2, 0) is 25.5 Å². The van der Waals surface area contributed by atoms with Crippen molar-refractivity contribution in [1.29, 1.82) is 0 Å². The highest BCUT2D eigenvalue weighted by molar-refractivity contribution is 5.71. The lowest BCUT2D eigenvalue weighted by Gasteiger charge is -2.29. The molecule has 21 heavy (non-hydrogen) atoms. The van der Waals surface area contributed by atoms with Crippen LogP contribution >= 0.6 is 0 Å². The lowest BCUT2D eigenvalue weighted by Crippen LogP contribution is -2.39. The van der Waals surface area contributed by atoms with Crippen molar-refractivity contribution in [3.8, 4) is 11.5 Å². The summed E-state index contributed by atoms with van der Waals surface area (Å²) in [4.78, 5) is 23.0. The van der Waals surface area contributed by atoms with E-state index >= 15 is 0 Å². The van der Waals surface area contributed by atoms with Crippen LogP contribution in [0.25, 0.3) is 0 Å². The van der Waals surface area contributed by atoms with E-state index in [9.17, 15) is 19.8 Å². The number of phenolic OH excluding ortho intramolecular Hbond substituents is 2. The Morgan fingerprint density at radius 3 is 2.00 bits per heavy atom. The summed E-state index contributed by atoms with van der Waals surface area (Å²) in [5.74, 6) is -2.99. The Hall–Kier alpha value is -2.24. The van der Waals surface area contributed by atoms with Crippen molar-refractivity contribution < 1.29 is 29.3 Å². The Bertz CT molecular complexity index is 505. The molecule has 0 saturated heterocycles. The molecule has 0 aliphatic carbocycles. The van der Waals surface area contributed by atoms with E-state index in [4.69, 9.17) is 9.47 Å². The fourth-order valence-corrected chi connectivity index (χ4v) is 1.77. The van der Waals surface area contributed by atoms with Crippen molar-refractivity contribution in [2.24, 2.45) is 0 Å². The average molecular weight is 296 g/mol. The van der Waals surface area contributed by atoms with E-state index in [1.54, 1.807) is 19.9 Å². The Labute approximate surface area is 123 Å². The number of phenols is 2. The number of carbonyl (C=O) groups is 2. The van der Waals surface area contributed by atoms with Crippen LogP contribution in [0, 0.1) is 0 Å². The summed E-state index contributed by atoms with van der Waals surface area (Å²) in [6.45, 7) is 4.76. The molecule has 1 aromatic carbocycles. The minimum Gasteiger partial charge on any atom is -0.504 e. The first-order chi connectivity index (χ1) is 9.79. The molecule has 0 atom stereocenters. The molecule has 0 unspecified atom stereocenters. The standard InChI is InChI=1S/C15H20O6/c1-4-13(18)20-15(3,21-14(19)5-2)9-10-6-7-11(16)12(17)8-10/h6-8,16-17H,4-5,9H2,1-3H3. The molecule has 116 valence electrons. The van der Waals surface area contributed by atoms with Gasteiger partial charge in [0.2, 0.25) is 0 Å². The number of benzene rings is 1. The maximum atomic E-state index is 11.5. The summed E-state index contributed by atoms with van der Waals surface area (Å²) in [5.41, 5.74) is 0.556. The molecule has 1 aromatic rings. The Morgan fingerprint density at radius 1 is 1.05 bits per heavy atom. The summed E-state index contributed by atoms with van der Waals surface area (Å²) >= 11 is 0. The highest BCUT2D eigenvalue weighted by Gasteiger charge is 2.33. The van der Waals surface area contributed by atoms with E-state index in [0.717, 1.165) is 0 Å². The van der Waals surface area contributed by atoms with E-state index < -0.39 is 17.7 Å². The maximum Gasteiger partial charge on any atom is 0.308 e. The number of rotatable bonds is 6. The summed E-state index contributed by atoms with van der Waals surface area (Å²) in [5, 5.41) is 18.8. The number of carbonyl (C=O) groups excluding carboxylic acids is 2. The first-order valence-electron chi connectivity index (χ1n) is 6.74. The normalized spacial score (nSPS) is 11.0. The second kappa shape index (κ2) is 6.97. The van der Waals surface area contributed by atoms with Crippen molar-refractivity contribution in [2.75, 3.05) is 0 Å². The highest BCUT2D eigenvalue weighted by Crippen LogP contribution is 2.28. The molecule has 0 bridgehead atoms. The second-order valence-corrected chi connectivity index (χ2v) is 4.79. The first kappa shape index (κ1) is 16.8. The van der Waals surface area contributed by atoms with Crippen LogP contribution in [0.3, 0.4) is 0 Å². The number of aromatic hydroxyl groups is 2. The van der Waals surface area contributed by atoms with Gasteiger partial charge in [0.15, 0.2) is 11.5 Å². The molecule has 0 fully saturated rings. The molecule has 0 heterocycles. The largest absolute Gasteiger partial charge is 0.504 e. The minimum absolute atomic E-state index is 0.0678. The monoisotopic (exact) mass is 296 g/mol. The smallest absolute Gasteiger partial charge is 0.308 e. The Kier molecular flexibility index (Phi) is 5.58. The predicted octanol–water partition coefficient (Wildman–Crippen LogP) is 2.26. The van der Waals surface area contributed by atoms with Gasteiger partial charge in [0, 0.05) is 26.2 Å². The van der Waals surface area contributed by atoms with Crippen LogP contribution in [0.4, 0.5) is 0 Å². The molecule has 2 N–H and O–H groups in total. The Morgan fingerprint density at radius 2 is 1.57 bits per heavy atom. The van der Waals surface area contributed by atoms with Crippen molar-refractivity contribution in [3.05, 3.63) is 23.8 Å². The van der Waals surface area contributed by atoms with Gasteiger partial charge in [0.05, 0.1) is 0 Å². The van der Waals surface area contributed by atoms with E-state index in [-0.39, 0.29) is 30.8 Å². The van der Waals surface area contributed by atoms with Gasteiger partial charge in [-0.05, 0) is 17.7 Å². The molecule has 0 amide bonds. The van der Waals surface area contributed by atoms with Gasteiger partial charge >= 0.3 is 11.9 Å². The molecule has 0 aromatic heterocycles. The van der Waals surface area contributed by atoms with Crippen LogP contribution in [-0.4, -0.2) is 27.9 Å². The molecular weight excluding hydrogens is 276 g/mol. The quantitative estimate of drug-likeness (QED) is 0.475. The summed E-state index contributed by atoms with van der Waals surface area (Å²) in [6, 6.07) is 4.19. The zero-order valence-corrected chi connectivity index (χ0v) is 12.4. The molecule has 6 nitrogen and oxygen atoms in total. The molecule has 0 aliphatic rings. The van der Waals surface area contributed by atoms with Crippen molar-refractivity contribution in [3.63, 3.8) is 0 Å². The number of ether oxygens (including phenoxy) is 2. The highest BCUT2D eigenvalue weighted by atomic mass is 16.7. The third kappa shape index (κ3) is 4.98. The number of hydrogen-bond donors (Lipinski definition) is 2. The van der Waals surface area contributed by atoms with Gasteiger partial charge in [-0.25, -0.2) is 0 Å². The average Bonchev–Trinajstić information content (AvgIpc) is 2.42. The summed E-state index contributed by atoms with van der Waals surface area (Å²) in [6.07, 6.45) is 0.374. The summed E-state index contributed by atoms with van der Waals surface area (Å²) in [7, 11) is 0. The van der Waals surface area contributed by atoms with Crippen LogP contribution in [0.15, 0.2) is 18.2 Å². The second-order valence-electron chi connectivity index (χ2n) is 4.79.